The molecule has 0 aliphatic carbocycles. The standard InChI is InChI=1S/C26H24F2N7O2/c1-15(2)17-11-21(16-4-5-18(27)19(28)10-16)31-34-12-22-25(37)33-9-8-32(13-26(33,3)35(22)23(17)34)24(36)20-6-7-29-14-30-20/h4-7,10-12,14-15H,8-9,13H2,1-3H3/q+1. The maximum atomic E-state index is 14.0. The SMILES string of the molecule is CC(C)c1cc(-c2ccc(F)c(F)c2)nn2cc3[n+](c12)C1(C)CN(C(=O)c2ccncn2)CCN1C3=O. The molecule has 1 saturated heterocycles. The topological polar surface area (TPSA) is 87.6 Å². The van der Waals surface area contributed by atoms with Crippen LogP contribution in [0.5, 0.6) is 0 Å². The van der Waals surface area contributed by atoms with Crippen LogP contribution < -0.4 is 4.57 Å². The van der Waals surface area contributed by atoms with Crippen molar-refractivity contribution in [2.75, 3.05) is 19.6 Å². The number of nitrogens with zero attached hydrogens (tertiary/aromatic N) is 7. The number of imidazole rings is 1. The van der Waals surface area contributed by atoms with Crippen LogP contribution in [0.15, 0.2) is 49.1 Å². The van der Waals surface area contributed by atoms with E-state index in [1.165, 1.54) is 18.6 Å². The van der Waals surface area contributed by atoms with Crippen LogP contribution in [0.25, 0.3) is 16.9 Å². The normalized spacial score (nSPS) is 19.0. The molecule has 37 heavy (non-hydrogen) atoms. The average molecular weight is 505 g/mol. The van der Waals surface area contributed by atoms with Crippen molar-refractivity contribution in [2.24, 2.45) is 0 Å². The monoisotopic (exact) mass is 504 g/mol. The first-order valence-electron chi connectivity index (χ1n) is 12.0. The molecular weight excluding hydrogens is 480 g/mol. The molecule has 1 aromatic carbocycles. The summed E-state index contributed by atoms with van der Waals surface area (Å²) >= 11 is 0. The van der Waals surface area contributed by atoms with Gasteiger partial charge in [0.15, 0.2) is 17.8 Å². The number of aromatic nitrogens is 5. The number of carbonyl (C=O) groups is 2. The van der Waals surface area contributed by atoms with E-state index in [-0.39, 0.29) is 24.3 Å². The Bertz CT molecular complexity index is 1590. The summed E-state index contributed by atoms with van der Waals surface area (Å²) in [5.74, 6) is -2.23. The Kier molecular flexibility index (Phi) is 5.08. The summed E-state index contributed by atoms with van der Waals surface area (Å²) in [6.45, 7) is 7.00. The fourth-order valence-electron chi connectivity index (χ4n) is 5.40. The lowest BCUT2D eigenvalue weighted by Crippen LogP contribution is -2.69. The summed E-state index contributed by atoms with van der Waals surface area (Å²) in [6.07, 6.45) is 4.54. The van der Waals surface area contributed by atoms with Crippen molar-refractivity contribution in [3.05, 3.63) is 77.6 Å². The minimum absolute atomic E-state index is 0.0242. The van der Waals surface area contributed by atoms with Gasteiger partial charge in [0.2, 0.25) is 11.4 Å². The number of piperazine rings is 1. The molecule has 0 N–H and O–H groups in total. The molecule has 2 amide bonds. The Morgan fingerprint density at radius 2 is 1.95 bits per heavy atom. The highest BCUT2D eigenvalue weighted by molar-refractivity contribution is 5.94. The number of benzene rings is 1. The quantitative estimate of drug-likeness (QED) is 0.401. The van der Waals surface area contributed by atoms with Gasteiger partial charge < -0.3 is 4.90 Å². The largest absolute Gasteiger partial charge is 0.329 e. The molecule has 3 aromatic heterocycles. The zero-order valence-electron chi connectivity index (χ0n) is 20.5. The third kappa shape index (κ3) is 3.40. The van der Waals surface area contributed by atoms with Crippen LogP contribution in [0.2, 0.25) is 0 Å². The van der Waals surface area contributed by atoms with Gasteiger partial charge in [0.05, 0.1) is 6.54 Å². The van der Waals surface area contributed by atoms with Gasteiger partial charge in [0, 0.05) is 37.3 Å². The summed E-state index contributed by atoms with van der Waals surface area (Å²) in [5, 5.41) is 4.67. The van der Waals surface area contributed by atoms with Crippen LogP contribution in [-0.2, 0) is 5.66 Å². The number of hydrogen-bond acceptors (Lipinski definition) is 5. The van der Waals surface area contributed by atoms with E-state index in [1.54, 1.807) is 26.6 Å². The Morgan fingerprint density at radius 3 is 2.65 bits per heavy atom. The third-order valence-electron chi connectivity index (χ3n) is 7.22. The first kappa shape index (κ1) is 23.1. The average Bonchev–Trinajstić information content (AvgIpc) is 3.38. The molecule has 0 bridgehead atoms. The van der Waals surface area contributed by atoms with E-state index < -0.39 is 17.3 Å². The van der Waals surface area contributed by atoms with Gasteiger partial charge in [-0.25, -0.2) is 18.7 Å². The highest BCUT2D eigenvalue weighted by Gasteiger charge is 2.57. The predicted octanol–water partition coefficient (Wildman–Crippen LogP) is 2.76. The summed E-state index contributed by atoms with van der Waals surface area (Å²) < 4.78 is 31.1. The van der Waals surface area contributed by atoms with Crippen molar-refractivity contribution in [1.82, 2.24) is 29.4 Å². The molecule has 5 heterocycles. The van der Waals surface area contributed by atoms with Crippen molar-refractivity contribution < 1.29 is 22.9 Å². The molecule has 188 valence electrons. The number of rotatable bonds is 3. The first-order chi connectivity index (χ1) is 17.7. The molecule has 4 aromatic rings. The van der Waals surface area contributed by atoms with Crippen molar-refractivity contribution in [3.8, 4) is 11.3 Å². The fourth-order valence-corrected chi connectivity index (χ4v) is 5.40. The van der Waals surface area contributed by atoms with Gasteiger partial charge in [0.25, 0.3) is 5.91 Å². The van der Waals surface area contributed by atoms with Gasteiger partial charge in [-0.05, 0) is 36.2 Å². The van der Waals surface area contributed by atoms with Gasteiger partial charge in [-0.15, -0.1) is 0 Å². The van der Waals surface area contributed by atoms with Crippen LogP contribution >= 0.6 is 0 Å². The maximum Gasteiger partial charge on any atom is 0.313 e. The molecule has 1 unspecified atom stereocenters. The number of halogens is 2. The lowest BCUT2D eigenvalue weighted by Gasteiger charge is -2.42. The Balaban J connectivity index is 1.49. The molecule has 0 radical (unpaired) electrons. The molecule has 0 saturated carbocycles. The van der Waals surface area contributed by atoms with E-state index in [0.717, 1.165) is 17.7 Å². The van der Waals surface area contributed by atoms with Crippen molar-refractivity contribution in [2.45, 2.75) is 32.4 Å². The minimum atomic E-state index is -0.955. The second-order valence-electron chi connectivity index (χ2n) is 9.88. The van der Waals surface area contributed by atoms with Gasteiger partial charge in [-0.2, -0.15) is 4.57 Å². The molecule has 2 aliphatic heterocycles. The highest BCUT2D eigenvalue weighted by atomic mass is 19.2. The third-order valence-corrected chi connectivity index (χ3v) is 7.22. The number of carbonyl (C=O) groups excluding carboxylic acids is 2. The summed E-state index contributed by atoms with van der Waals surface area (Å²) in [4.78, 5) is 38.2. The van der Waals surface area contributed by atoms with Crippen LogP contribution in [0, 0.1) is 11.6 Å². The Labute approximate surface area is 211 Å². The van der Waals surface area contributed by atoms with Crippen LogP contribution in [0.4, 0.5) is 8.78 Å². The second-order valence-corrected chi connectivity index (χ2v) is 9.88. The summed E-state index contributed by atoms with van der Waals surface area (Å²) in [7, 11) is 0. The summed E-state index contributed by atoms with van der Waals surface area (Å²) in [6, 6.07) is 7.09. The van der Waals surface area contributed by atoms with Crippen molar-refractivity contribution >= 4 is 17.5 Å². The zero-order valence-corrected chi connectivity index (χ0v) is 20.5. The first-order valence-corrected chi connectivity index (χ1v) is 12.0. The van der Waals surface area contributed by atoms with Crippen LogP contribution in [0.3, 0.4) is 0 Å². The van der Waals surface area contributed by atoms with E-state index in [0.29, 0.717) is 41.4 Å². The van der Waals surface area contributed by atoms with Gasteiger partial charge in [0.1, 0.15) is 17.7 Å². The number of hydrogen-bond donors (Lipinski definition) is 0. The number of fused-ring (bicyclic) bond motifs is 5. The lowest BCUT2D eigenvalue weighted by molar-refractivity contribution is -0.749. The maximum absolute atomic E-state index is 14.0. The molecule has 11 heteroatoms. The zero-order chi connectivity index (χ0) is 26.1. The number of amides is 2. The van der Waals surface area contributed by atoms with E-state index in [9.17, 15) is 18.4 Å². The van der Waals surface area contributed by atoms with Gasteiger partial charge in [-0.3, -0.25) is 14.5 Å². The van der Waals surface area contributed by atoms with Crippen molar-refractivity contribution in [3.63, 3.8) is 0 Å². The molecule has 2 aliphatic rings. The fraction of sp³-hybridized carbons (Fsp3) is 0.308. The van der Waals surface area contributed by atoms with Gasteiger partial charge in [-0.1, -0.05) is 23.5 Å². The van der Waals surface area contributed by atoms with E-state index in [1.807, 2.05) is 31.4 Å². The highest BCUT2D eigenvalue weighted by Crippen LogP contribution is 2.34. The molecule has 0 spiro atoms. The Morgan fingerprint density at radius 1 is 1.14 bits per heavy atom. The van der Waals surface area contributed by atoms with E-state index in [2.05, 4.69) is 15.1 Å². The molecule has 1 fully saturated rings. The second kappa shape index (κ2) is 8.12. The van der Waals surface area contributed by atoms with Gasteiger partial charge >= 0.3 is 11.6 Å². The lowest BCUT2D eigenvalue weighted by atomic mass is 10.0. The van der Waals surface area contributed by atoms with Crippen LogP contribution in [-0.4, -0.2) is 60.8 Å². The minimum Gasteiger partial charge on any atom is -0.329 e. The van der Waals surface area contributed by atoms with Crippen LogP contribution in [0.1, 0.15) is 53.2 Å². The Hall–Kier alpha value is -4.28. The smallest absolute Gasteiger partial charge is 0.313 e. The predicted molar refractivity (Wildman–Crippen MR) is 127 cm³/mol. The molecule has 1 atom stereocenters. The van der Waals surface area contributed by atoms with E-state index in [4.69, 9.17) is 0 Å². The molecular formula is C26H24F2N7O2+. The summed E-state index contributed by atoms with van der Waals surface area (Å²) in [5.41, 5.74) is 2.39. The molecule has 9 nitrogen and oxygen atoms in total. The molecule has 6 rings (SSSR count). The van der Waals surface area contributed by atoms with Crippen molar-refractivity contribution in [1.29, 1.82) is 0 Å². The van der Waals surface area contributed by atoms with E-state index >= 15 is 0 Å².